The lowest BCUT2D eigenvalue weighted by atomic mass is 10.0. The van der Waals surface area contributed by atoms with Crippen molar-refractivity contribution >= 4 is 16.9 Å². The van der Waals surface area contributed by atoms with E-state index in [9.17, 15) is 4.79 Å². The quantitative estimate of drug-likeness (QED) is 0.257. The minimum atomic E-state index is -0.185. The molecule has 0 aliphatic rings. The highest BCUT2D eigenvalue weighted by atomic mass is 16.5. The molecule has 4 rings (SSSR count). The van der Waals surface area contributed by atoms with Gasteiger partial charge in [0.05, 0.1) is 23.7 Å². The van der Waals surface area contributed by atoms with E-state index in [1.54, 1.807) is 0 Å². The highest BCUT2D eigenvalue weighted by Gasteiger charge is 2.18. The van der Waals surface area contributed by atoms with Crippen LogP contribution in [0.1, 0.15) is 62.5 Å². The Morgan fingerprint density at radius 1 is 0.943 bits per heavy atom. The monoisotopic (exact) mass is 469 g/mol. The van der Waals surface area contributed by atoms with Crippen molar-refractivity contribution in [3.8, 4) is 5.75 Å². The number of benzene rings is 3. The van der Waals surface area contributed by atoms with E-state index in [0.717, 1.165) is 42.0 Å². The molecule has 1 heterocycles. The van der Waals surface area contributed by atoms with E-state index in [2.05, 4.69) is 54.1 Å². The number of carbonyl (C=O) groups excluding carboxylic acids is 1. The predicted molar refractivity (Wildman–Crippen MR) is 142 cm³/mol. The summed E-state index contributed by atoms with van der Waals surface area (Å²) in [7, 11) is 0. The van der Waals surface area contributed by atoms with Gasteiger partial charge in [-0.1, -0.05) is 68.4 Å². The van der Waals surface area contributed by atoms with Crippen LogP contribution in [0.15, 0.2) is 78.9 Å². The van der Waals surface area contributed by atoms with Crippen LogP contribution in [-0.2, 0) is 17.8 Å². The maximum Gasteiger partial charge on any atom is 0.220 e. The van der Waals surface area contributed by atoms with E-state index in [1.807, 2.05) is 55.5 Å². The molecule has 1 N–H and O–H groups in total. The van der Waals surface area contributed by atoms with E-state index in [4.69, 9.17) is 9.72 Å². The van der Waals surface area contributed by atoms with Gasteiger partial charge in [-0.25, -0.2) is 4.98 Å². The Morgan fingerprint density at radius 2 is 1.66 bits per heavy atom. The summed E-state index contributed by atoms with van der Waals surface area (Å²) in [6.45, 7) is 7.77. The molecule has 1 unspecified atom stereocenters. The third-order valence-corrected chi connectivity index (χ3v) is 6.27. The Morgan fingerprint density at radius 3 is 2.40 bits per heavy atom. The second kappa shape index (κ2) is 11.7. The first kappa shape index (κ1) is 24.5. The van der Waals surface area contributed by atoms with Gasteiger partial charge in [-0.15, -0.1) is 0 Å². The van der Waals surface area contributed by atoms with Crippen molar-refractivity contribution in [2.24, 2.45) is 0 Å². The van der Waals surface area contributed by atoms with Gasteiger partial charge in [0, 0.05) is 13.0 Å². The van der Waals surface area contributed by atoms with Crippen LogP contribution in [0.5, 0.6) is 5.75 Å². The van der Waals surface area contributed by atoms with Crippen molar-refractivity contribution in [2.75, 3.05) is 6.61 Å². The third-order valence-electron chi connectivity index (χ3n) is 6.27. The van der Waals surface area contributed by atoms with E-state index in [0.29, 0.717) is 18.9 Å². The number of hydrogen-bond donors (Lipinski definition) is 1. The number of aromatic nitrogens is 2. The molecule has 1 atom stereocenters. The number of ether oxygens (including phenoxy) is 1. The molecule has 4 aromatic rings. The number of nitrogens with one attached hydrogen (secondary N) is 1. The third kappa shape index (κ3) is 6.50. The number of rotatable bonds is 11. The fourth-order valence-corrected chi connectivity index (χ4v) is 4.30. The van der Waals surface area contributed by atoms with Crippen LogP contribution in [0.4, 0.5) is 0 Å². The molecule has 0 aliphatic carbocycles. The number of hydrogen-bond acceptors (Lipinski definition) is 3. The van der Waals surface area contributed by atoms with Gasteiger partial charge < -0.3 is 14.6 Å². The minimum absolute atomic E-state index is 0.0353. The van der Waals surface area contributed by atoms with Crippen molar-refractivity contribution < 1.29 is 9.53 Å². The summed E-state index contributed by atoms with van der Waals surface area (Å²) in [5.41, 5.74) is 4.50. The average molecular weight is 470 g/mol. The summed E-state index contributed by atoms with van der Waals surface area (Å²) in [6, 6.07) is 26.4. The summed E-state index contributed by atoms with van der Waals surface area (Å²) in [5.74, 6) is 2.32. The molecule has 0 spiro atoms. The van der Waals surface area contributed by atoms with Gasteiger partial charge in [-0.05, 0) is 61.1 Å². The number of aryl methyl sites for hydroxylation is 2. The lowest BCUT2D eigenvalue weighted by molar-refractivity contribution is -0.121. The smallest absolute Gasteiger partial charge is 0.220 e. The SMILES string of the molecule is CC(C)c1ccc(OCCCn2c(C(C)NC(=O)CCc3ccccc3)nc3ccccc32)cc1. The number of fused-ring (bicyclic) bond motifs is 1. The molecule has 182 valence electrons. The number of para-hydroxylation sites is 2. The number of carbonyl (C=O) groups is 1. The van der Waals surface area contributed by atoms with Crippen LogP contribution in [0.3, 0.4) is 0 Å². The van der Waals surface area contributed by atoms with Gasteiger partial charge in [-0.2, -0.15) is 0 Å². The molecule has 0 fully saturated rings. The normalized spacial score (nSPS) is 12.1. The molecular formula is C30H35N3O2. The van der Waals surface area contributed by atoms with Gasteiger partial charge >= 0.3 is 0 Å². The summed E-state index contributed by atoms with van der Waals surface area (Å²) in [4.78, 5) is 17.5. The molecule has 0 radical (unpaired) electrons. The minimum Gasteiger partial charge on any atom is -0.494 e. The Balaban J connectivity index is 1.37. The van der Waals surface area contributed by atoms with E-state index >= 15 is 0 Å². The van der Waals surface area contributed by atoms with Gasteiger partial charge in [0.25, 0.3) is 0 Å². The number of nitrogens with zero attached hydrogens (tertiary/aromatic N) is 2. The summed E-state index contributed by atoms with van der Waals surface area (Å²) >= 11 is 0. The predicted octanol–water partition coefficient (Wildman–Crippen LogP) is 6.44. The highest BCUT2D eigenvalue weighted by Crippen LogP contribution is 2.22. The molecule has 35 heavy (non-hydrogen) atoms. The maximum atomic E-state index is 12.6. The highest BCUT2D eigenvalue weighted by molar-refractivity contribution is 5.78. The van der Waals surface area contributed by atoms with E-state index in [1.165, 1.54) is 11.1 Å². The largest absolute Gasteiger partial charge is 0.494 e. The molecular weight excluding hydrogens is 434 g/mol. The molecule has 0 saturated carbocycles. The molecule has 1 aromatic heterocycles. The first-order valence-corrected chi connectivity index (χ1v) is 12.5. The topological polar surface area (TPSA) is 56.1 Å². The first-order chi connectivity index (χ1) is 17.0. The Bertz CT molecular complexity index is 1230. The second-order valence-electron chi connectivity index (χ2n) is 9.31. The van der Waals surface area contributed by atoms with Gasteiger partial charge in [0.2, 0.25) is 5.91 Å². The van der Waals surface area contributed by atoms with Crippen LogP contribution >= 0.6 is 0 Å². The van der Waals surface area contributed by atoms with Crippen LogP contribution in [0, 0.1) is 0 Å². The van der Waals surface area contributed by atoms with Gasteiger partial charge in [0.15, 0.2) is 0 Å². The van der Waals surface area contributed by atoms with Crippen molar-refractivity contribution in [3.05, 3.63) is 95.8 Å². The lowest BCUT2D eigenvalue weighted by Gasteiger charge is -2.17. The summed E-state index contributed by atoms with van der Waals surface area (Å²) in [5, 5.41) is 3.14. The fraction of sp³-hybridized carbons (Fsp3) is 0.333. The van der Waals surface area contributed by atoms with Gasteiger partial charge in [0.1, 0.15) is 11.6 Å². The second-order valence-corrected chi connectivity index (χ2v) is 9.31. The van der Waals surface area contributed by atoms with Gasteiger partial charge in [-0.3, -0.25) is 4.79 Å². The zero-order chi connectivity index (χ0) is 24.6. The molecule has 1 amide bonds. The van der Waals surface area contributed by atoms with Crippen LogP contribution in [-0.4, -0.2) is 22.1 Å². The Kier molecular flexibility index (Phi) is 8.19. The maximum absolute atomic E-state index is 12.6. The first-order valence-electron chi connectivity index (χ1n) is 12.5. The summed E-state index contributed by atoms with van der Waals surface area (Å²) < 4.78 is 8.20. The van der Waals surface area contributed by atoms with Crippen LogP contribution < -0.4 is 10.1 Å². The molecule has 0 bridgehead atoms. The zero-order valence-electron chi connectivity index (χ0n) is 20.9. The Hall–Kier alpha value is -3.60. The van der Waals surface area contributed by atoms with Crippen molar-refractivity contribution in [3.63, 3.8) is 0 Å². The van der Waals surface area contributed by atoms with Crippen LogP contribution in [0.25, 0.3) is 11.0 Å². The van der Waals surface area contributed by atoms with E-state index in [-0.39, 0.29) is 11.9 Å². The van der Waals surface area contributed by atoms with Crippen molar-refractivity contribution in [1.29, 1.82) is 0 Å². The molecule has 5 heteroatoms. The Labute approximate surface area is 208 Å². The molecule has 3 aromatic carbocycles. The summed E-state index contributed by atoms with van der Waals surface area (Å²) in [6.07, 6.45) is 2.03. The molecule has 0 saturated heterocycles. The number of imidazole rings is 1. The number of amides is 1. The van der Waals surface area contributed by atoms with Crippen molar-refractivity contribution in [1.82, 2.24) is 14.9 Å². The van der Waals surface area contributed by atoms with Crippen molar-refractivity contribution in [2.45, 2.75) is 58.5 Å². The van der Waals surface area contributed by atoms with E-state index < -0.39 is 0 Å². The standard InChI is InChI=1S/C30H35N3O2/c1-22(2)25-15-17-26(18-16-25)35-21-9-20-33-28-13-8-7-12-27(28)32-30(33)23(3)31-29(34)19-14-24-10-5-4-6-11-24/h4-8,10-13,15-18,22-23H,9,14,19-21H2,1-3H3,(H,31,34). The molecule has 5 nitrogen and oxygen atoms in total. The average Bonchev–Trinajstić information content (AvgIpc) is 3.25. The fourth-order valence-electron chi connectivity index (χ4n) is 4.30. The lowest BCUT2D eigenvalue weighted by Crippen LogP contribution is -2.29. The molecule has 0 aliphatic heterocycles. The zero-order valence-corrected chi connectivity index (χ0v) is 20.9. The van der Waals surface area contributed by atoms with Crippen LogP contribution in [0.2, 0.25) is 0 Å².